The predicted octanol–water partition coefficient (Wildman–Crippen LogP) is 3.46. The lowest BCUT2D eigenvalue weighted by Crippen LogP contribution is -2.63. The van der Waals surface area contributed by atoms with Gasteiger partial charge in [-0.3, -0.25) is 9.88 Å². The van der Waals surface area contributed by atoms with Crippen molar-refractivity contribution in [2.45, 2.75) is 65.1 Å². The predicted molar refractivity (Wildman–Crippen MR) is 89.2 cm³/mol. The fourth-order valence-electron chi connectivity index (χ4n) is 3.59. The normalized spacial score (nSPS) is 22.6. The minimum Gasteiger partial charge on any atom is -0.311 e. The van der Waals surface area contributed by atoms with E-state index in [9.17, 15) is 0 Å². The van der Waals surface area contributed by atoms with Crippen molar-refractivity contribution in [2.24, 2.45) is 5.92 Å². The molecule has 2 heterocycles. The Balaban J connectivity index is 2.13. The third-order valence-corrected chi connectivity index (χ3v) is 5.00. The van der Waals surface area contributed by atoms with Crippen LogP contribution in [0, 0.1) is 5.92 Å². The molecule has 1 aliphatic heterocycles. The number of rotatable bonds is 6. The van der Waals surface area contributed by atoms with Gasteiger partial charge in [-0.25, -0.2) is 0 Å². The smallest absolute Gasteiger partial charge is 0.0333 e. The van der Waals surface area contributed by atoms with Gasteiger partial charge >= 0.3 is 0 Å². The molecule has 1 N–H and O–H groups in total. The Labute approximate surface area is 130 Å². The van der Waals surface area contributed by atoms with Crippen LogP contribution in [-0.2, 0) is 6.54 Å². The molecule has 1 saturated heterocycles. The van der Waals surface area contributed by atoms with Crippen LogP contribution in [0.2, 0.25) is 0 Å². The quantitative estimate of drug-likeness (QED) is 0.869. The van der Waals surface area contributed by atoms with Crippen molar-refractivity contribution in [3.8, 4) is 0 Å². The van der Waals surface area contributed by atoms with E-state index in [1.165, 1.54) is 24.8 Å². The van der Waals surface area contributed by atoms with E-state index < -0.39 is 0 Å². The summed E-state index contributed by atoms with van der Waals surface area (Å²) in [5, 5.41) is 3.80. The summed E-state index contributed by atoms with van der Waals surface area (Å²) in [5.41, 5.74) is 1.62. The van der Waals surface area contributed by atoms with Crippen molar-refractivity contribution < 1.29 is 0 Å². The zero-order valence-corrected chi connectivity index (χ0v) is 14.1. The number of hydrogen-bond donors (Lipinski definition) is 1. The third-order valence-electron chi connectivity index (χ3n) is 5.00. The first-order valence-corrected chi connectivity index (χ1v) is 8.47. The molecule has 0 saturated carbocycles. The van der Waals surface area contributed by atoms with Crippen molar-refractivity contribution in [3.05, 3.63) is 30.1 Å². The fourth-order valence-corrected chi connectivity index (χ4v) is 3.59. The van der Waals surface area contributed by atoms with Gasteiger partial charge < -0.3 is 5.32 Å². The van der Waals surface area contributed by atoms with E-state index in [0.29, 0.717) is 11.6 Å². The van der Waals surface area contributed by atoms with E-state index in [-0.39, 0.29) is 0 Å². The molecule has 3 nitrogen and oxygen atoms in total. The maximum atomic E-state index is 4.27. The number of hydrogen-bond acceptors (Lipinski definition) is 3. The van der Waals surface area contributed by atoms with Gasteiger partial charge in [0, 0.05) is 43.6 Å². The molecule has 0 aromatic carbocycles. The van der Waals surface area contributed by atoms with E-state index in [0.717, 1.165) is 25.6 Å². The Hall–Kier alpha value is -0.930. The zero-order chi connectivity index (χ0) is 15.3. The topological polar surface area (TPSA) is 28.2 Å². The van der Waals surface area contributed by atoms with Crippen LogP contribution in [0.4, 0.5) is 0 Å². The maximum Gasteiger partial charge on any atom is 0.0333 e. The van der Waals surface area contributed by atoms with E-state index in [1.54, 1.807) is 0 Å². The molecule has 1 fully saturated rings. The van der Waals surface area contributed by atoms with Gasteiger partial charge in [0.05, 0.1) is 0 Å². The Kier molecular flexibility index (Phi) is 5.77. The van der Waals surface area contributed by atoms with Crippen LogP contribution in [0.25, 0.3) is 0 Å². The summed E-state index contributed by atoms with van der Waals surface area (Å²) in [6.45, 7) is 12.6. The number of pyridine rings is 1. The summed E-state index contributed by atoms with van der Waals surface area (Å²) >= 11 is 0. The molecule has 118 valence electrons. The number of nitrogens with one attached hydrogen (secondary N) is 1. The van der Waals surface area contributed by atoms with Gasteiger partial charge in [-0.05, 0) is 36.8 Å². The summed E-state index contributed by atoms with van der Waals surface area (Å²) < 4.78 is 0. The van der Waals surface area contributed by atoms with Crippen molar-refractivity contribution in [2.75, 3.05) is 13.1 Å². The first-order valence-electron chi connectivity index (χ1n) is 8.47. The van der Waals surface area contributed by atoms with Gasteiger partial charge in [0.25, 0.3) is 0 Å². The van der Waals surface area contributed by atoms with Crippen LogP contribution < -0.4 is 5.32 Å². The Morgan fingerprint density at radius 1 is 1.38 bits per heavy atom. The van der Waals surface area contributed by atoms with E-state index in [1.807, 2.05) is 18.5 Å². The summed E-state index contributed by atoms with van der Waals surface area (Å²) in [5.74, 6) is 0.749. The standard InChI is InChI=1S/C18H31N3/c1-5-18(6-2)14-20-17(10-15(3)4)13-21(18)12-16-8-7-9-19-11-16/h7-9,11,15,17,20H,5-6,10,12-14H2,1-4H3. The maximum absolute atomic E-state index is 4.27. The minimum atomic E-state index is 0.295. The highest BCUT2D eigenvalue weighted by atomic mass is 15.3. The second-order valence-electron chi connectivity index (χ2n) is 6.88. The molecular weight excluding hydrogens is 258 g/mol. The number of nitrogens with zero attached hydrogens (tertiary/aromatic N) is 2. The Bertz CT molecular complexity index is 412. The number of piperazine rings is 1. The first-order chi connectivity index (χ1) is 10.1. The minimum absolute atomic E-state index is 0.295. The lowest BCUT2D eigenvalue weighted by molar-refractivity contribution is 0.0206. The highest BCUT2D eigenvalue weighted by molar-refractivity contribution is 5.10. The van der Waals surface area contributed by atoms with Gasteiger partial charge in [0.2, 0.25) is 0 Å². The van der Waals surface area contributed by atoms with Crippen molar-refractivity contribution in [1.82, 2.24) is 15.2 Å². The molecular formula is C18H31N3. The molecule has 1 aliphatic rings. The molecule has 1 aromatic heterocycles. The molecule has 1 unspecified atom stereocenters. The SMILES string of the molecule is CCC1(CC)CNC(CC(C)C)CN1Cc1cccnc1. The first kappa shape index (κ1) is 16.4. The summed E-state index contributed by atoms with van der Waals surface area (Å²) in [7, 11) is 0. The monoisotopic (exact) mass is 289 g/mol. The Morgan fingerprint density at radius 2 is 2.14 bits per heavy atom. The highest BCUT2D eigenvalue weighted by Gasteiger charge is 2.38. The Morgan fingerprint density at radius 3 is 2.71 bits per heavy atom. The molecule has 3 heteroatoms. The van der Waals surface area contributed by atoms with Crippen molar-refractivity contribution >= 4 is 0 Å². The van der Waals surface area contributed by atoms with Crippen molar-refractivity contribution in [1.29, 1.82) is 0 Å². The molecule has 0 bridgehead atoms. The fraction of sp³-hybridized carbons (Fsp3) is 0.722. The van der Waals surface area contributed by atoms with E-state index in [2.05, 4.69) is 49.0 Å². The van der Waals surface area contributed by atoms with Crippen LogP contribution in [0.5, 0.6) is 0 Å². The molecule has 21 heavy (non-hydrogen) atoms. The zero-order valence-electron chi connectivity index (χ0n) is 14.1. The molecule has 2 rings (SSSR count). The van der Waals surface area contributed by atoms with Crippen molar-refractivity contribution in [3.63, 3.8) is 0 Å². The van der Waals surface area contributed by atoms with Gasteiger partial charge in [0.1, 0.15) is 0 Å². The largest absolute Gasteiger partial charge is 0.311 e. The van der Waals surface area contributed by atoms with Crippen LogP contribution in [0.15, 0.2) is 24.5 Å². The lowest BCUT2D eigenvalue weighted by Gasteiger charge is -2.50. The van der Waals surface area contributed by atoms with Gasteiger partial charge in [-0.2, -0.15) is 0 Å². The highest BCUT2D eigenvalue weighted by Crippen LogP contribution is 2.29. The van der Waals surface area contributed by atoms with Crippen LogP contribution in [-0.4, -0.2) is 34.6 Å². The summed E-state index contributed by atoms with van der Waals surface area (Å²) in [4.78, 5) is 6.98. The average molecular weight is 289 g/mol. The summed E-state index contributed by atoms with van der Waals surface area (Å²) in [6, 6.07) is 4.86. The lowest BCUT2D eigenvalue weighted by atomic mass is 9.85. The number of aromatic nitrogens is 1. The molecule has 1 atom stereocenters. The van der Waals surface area contributed by atoms with E-state index in [4.69, 9.17) is 0 Å². The van der Waals surface area contributed by atoms with E-state index >= 15 is 0 Å². The average Bonchev–Trinajstić information content (AvgIpc) is 2.49. The van der Waals surface area contributed by atoms with Gasteiger partial charge in [0.15, 0.2) is 0 Å². The summed E-state index contributed by atoms with van der Waals surface area (Å²) in [6.07, 6.45) is 7.52. The van der Waals surface area contributed by atoms with Gasteiger partial charge in [-0.1, -0.05) is 33.8 Å². The van der Waals surface area contributed by atoms with Crippen LogP contribution in [0.3, 0.4) is 0 Å². The molecule has 0 radical (unpaired) electrons. The van der Waals surface area contributed by atoms with Gasteiger partial charge in [-0.15, -0.1) is 0 Å². The molecule has 0 amide bonds. The third kappa shape index (κ3) is 4.04. The molecule has 0 spiro atoms. The second kappa shape index (κ2) is 7.37. The second-order valence-corrected chi connectivity index (χ2v) is 6.88. The molecule has 1 aromatic rings. The van der Waals surface area contributed by atoms with Crippen LogP contribution >= 0.6 is 0 Å². The van der Waals surface area contributed by atoms with Crippen LogP contribution in [0.1, 0.15) is 52.5 Å². The molecule has 0 aliphatic carbocycles.